The molecule has 0 atom stereocenters. The summed E-state index contributed by atoms with van der Waals surface area (Å²) in [5.41, 5.74) is 0.470. The maximum absolute atomic E-state index is 12.7. The Bertz CT molecular complexity index is 341. The first-order valence-corrected chi connectivity index (χ1v) is 4.01. The predicted octanol–water partition coefficient (Wildman–Crippen LogP) is 2.46. The third-order valence-corrected chi connectivity index (χ3v) is 1.51. The molecule has 12 heavy (non-hydrogen) atoms. The van der Waals surface area contributed by atoms with Gasteiger partial charge in [-0.15, -0.1) is 11.6 Å². The van der Waals surface area contributed by atoms with Crippen molar-refractivity contribution in [3.8, 4) is 11.8 Å². The van der Waals surface area contributed by atoms with E-state index in [9.17, 15) is 4.39 Å². The maximum Gasteiger partial charge on any atom is 0.164 e. The molecule has 1 rings (SSSR count). The molecule has 0 saturated carbocycles. The molecule has 4 heteroatoms. The first-order valence-electron chi connectivity index (χ1n) is 3.10. The summed E-state index contributed by atoms with van der Waals surface area (Å²) in [5.74, 6) is 4.84. The fourth-order valence-corrected chi connectivity index (χ4v) is 0.795. The van der Waals surface area contributed by atoms with Crippen LogP contribution in [0, 0.1) is 17.7 Å². The van der Waals surface area contributed by atoms with E-state index in [0.717, 1.165) is 0 Å². The number of rotatable bonds is 0. The predicted molar refractivity (Wildman–Crippen MR) is 46.8 cm³/mol. The van der Waals surface area contributed by atoms with E-state index in [-0.39, 0.29) is 11.0 Å². The summed E-state index contributed by atoms with van der Waals surface area (Å²) in [4.78, 5) is 3.58. The summed E-state index contributed by atoms with van der Waals surface area (Å²) in [5, 5.41) is -0.147. The van der Waals surface area contributed by atoms with Crippen molar-refractivity contribution >= 4 is 23.2 Å². The maximum atomic E-state index is 12.7. The second-order valence-corrected chi connectivity index (χ2v) is 2.56. The Labute approximate surface area is 79.5 Å². The molecule has 0 spiro atoms. The van der Waals surface area contributed by atoms with Gasteiger partial charge >= 0.3 is 0 Å². The molecule has 0 saturated heterocycles. The molecule has 0 aromatic carbocycles. The third kappa shape index (κ3) is 2.37. The van der Waals surface area contributed by atoms with Crippen LogP contribution in [0.5, 0.6) is 0 Å². The van der Waals surface area contributed by atoms with Crippen molar-refractivity contribution in [3.05, 3.63) is 28.8 Å². The number of aromatic nitrogens is 1. The molecule has 0 amide bonds. The molecule has 1 aromatic heterocycles. The van der Waals surface area contributed by atoms with E-state index >= 15 is 0 Å². The monoisotopic (exact) mass is 203 g/mol. The van der Waals surface area contributed by atoms with Gasteiger partial charge in [0.25, 0.3) is 0 Å². The van der Waals surface area contributed by atoms with Crippen molar-refractivity contribution in [2.75, 3.05) is 5.88 Å². The quantitative estimate of drug-likeness (QED) is 0.359. The molecule has 0 aliphatic rings. The summed E-state index contributed by atoms with van der Waals surface area (Å²) < 4.78 is 12.7. The summed E-state index contributed by atoms with van der Waals surface area (Å²) in [6.45, 7) is 0. The molecule has 0 N–H and O–H groups in total. The Hall–Kier alpha value is -0.780. The fraction of sp³-hybridized carbons (Fsp3) is 0.125. The lowest BCUT2D eigenvalue weighted by Crippen LogP contribution is -1.84. The molecule has 62 valence electrons. The van der Waals surface area contributed by atoms with Gasteiger partial charge in [0.2, 0.25) is 0 Å². The van der Waals surface area contributed by atoms with Crippen molar-refractivity contribution in [2.45, 2.75) is 0 Å². The highest BCUT2D eigenvalue weighted by Gasteiger charge is 1.99. The van der Waals surface area contributed by atoms with Crippen LogP contribution in [0.2, 0.25) is 5.15 Å². The zero-order valence-electron chi connectivity index (χ0n) is 5.94. The van der Waals surface area contributed by atoms with Crippen molar-refractivity contribution in [1.29, 1.82) is 0 Å². The molecular weight excluding hydrogens is 200 g/mol. The number of alkyl halides is 1. The lowest BCUT2D eigenvalue weighted by Gasteiger charge is -1.92. The van der Waals surface area contributed by atoms with Gasteiger partial charge in [0.1, 0.15) is 0 Å². The SMILES string of the molecule is Fc1cc(C#CCCl)cnc1Cl. The molecule has 1 heterocycles. The number of hydrogen-bond acceptors (Lipinski definition) is 1. The van der Waals surface area contributed by atoms with Crippen LogP contribution in [0.25, 0.3) is 0 Å². The van der Waals surface area contributed by atoms with E-state index in [1.165, 1.54) is 12.3 Å². The van der Waals surface area contributed by atoms with Crippen molar-refractivity contribution in [2.24, 2.45) is 0 Å². The van der Waals surface area contributed by atoms with Gasteiger partial charge in [0.15, 0.2) is 11.0 Å². The van der Waals surface area contributed by atoms with Gasteiger partial charge in [0, 0.05) is 11.8 Å². The topological polar surface area (TPSA) is 12.9 Å². The van der Waals surface area contributed by atoms with Crippen LogP contribution < -0.4 is 0 Å². The van der Waals surface area contributed by atoms with Crippen molar-refractivity contribution < 1.29 is 4.39 Å². The first-order chi connectivity index (χ1) is 5.74. The molecule has 0 bridgehead atoms. The van der Waals surface area contributed by atoms with Gasteiger partial charge < -0.3 is 0 Å². The van der Waals surface area contributed by atoms with Crippen LogP contribution in [0.3, 0.4) is 0 Å². The Morgan fingerprint density at radius 1 is 1.58 bits per heavy atom. The Kier molecular flexibility index (Phi) is 3.33. The normalized spacial score (nSPS) is 8.92. The zero-order valence-corrected chi connectivity index (χ0v) is 7.45. The van der Waals surface area contributed by atoms with Crippen LogP contribution in [0.15, 0.2) is 12.3 Å². The molecule has 0 aliphatic heterocycles. The summed E-state index contributed by atoms with van der Waals surface area (Å²) in [6.07, 6.45) is 1.39. The van der Waals surface area contributed by atoms with Crippen LogP contribution in [-0.4, -0.2) is 10.9 Å². The van der Waals surface area contributed by atoms with Crippen LogP contribution in [-0.2, 0) is 0 Å². The van der Waals surface area contributed by atoms with E-state index < -0.39 is 5.82 Å². The van der Waals surface area contributed by atoms with E-state index in [1.54, 1.807) is 0 Å². The summed E-state index contributed by atoms with van der Waals surface area (Å²) >= 11 is 10.7. The second kappa shape index (κ2) is 4.30. The number of halogens is 3. The van der Waals surface area contributed by atoms with Crippen LogP contribution in [0.1, 0.15) is 5.56 Å². The molecule has 0 radical (unpaired) electrons. The highest BCUT2D eigenvalue weighted by Crippen LogP contribution is 2.10. The van der Waals surface area contributed by atoms with Crippen LogP contribution in [0.4, 0.5) is 4.39 Å². The van der Waals surface area contributed by atoms with Gasteiger partial charge in [-0.3, -0.25) is 0 Å². The Balaban J connectivity index is 2.97. The highest BCUT2D eigenvalue weighted by atomic mass is 35.5. The second-order valence-electron chi connectivity index (χ2n) is 1.93. The molecule has 1 aromatic rings. The van der Waals surface area contributed by atoms with E-state index in [2.05, 4.69) is 16.8 Å². The average Bonchev–Trinajstić information content (AvgIpc) is 2.07. The highest BCUT2D eigenvalue weighted by molar-refractivity contribution is 6.29. The minimum absolute atomic E-state index is 0.147. The summed E-state index contributed by atoms with van der Waals surface area (Å²) in [6, 6.07) is 1.22. The number of pyridine rings is 1. The van der Waals surface area contributed by atoms with E-state index in [4.69, 9.17) is 23.2 Å². The Morgan fingerprint density at radius 3 is 2.92 bits per heavy atom. The molecular formula is C8H4Cl2FN. The summed E-state index contributed by atoms with van der Waals surface area (Å²) in [7, 11) is 0. The van der Waals surface area contributed by atoms with Gasteiger partial charge in [-0.1, -0.05) is 23.4 Å². The van der Waals surface area contributed by atoms with Gasteiger partial charge in [-0.25, -0.2) is 9.37 Å². The molecule has 1 nitrogen and oxygen atoms in total. The smallest absolute Gasteiger partial charge is 0.164 e. The van der Waals surface area contributed by atoms with Gasteiger partial charge in [-0.2, -0.15) is 0 Å². The lowest BCUT2D eigenvalue weighted by atomic mass is 10.3. The largest absolute Gasteiger partial charge is 0.240 e. The van der Waals surface area contributed by atoms with Gasteiger partial charge in [0.05, 0.1) is 5.88 Å². The number of nitrogens with zero attached hydrogens (tertiary/aromatic N) is 1. The minimum Gasteiger partial charge on any atom is -0.240 e. The first kappa shape index (κ1) is 9.31. The van der Waals surface area contributed by atoms with Crippen molar-refractivity contribution in [3.63, 3.8) is 0 Å². The van der Waals surface area contributed by atoms with Crippen molar-refractivity contribution in [1.82, 2.24) is 4.98 Å². The Morgan fingerprint density at radius 2 is 2.33 bits per heavy atom. The number of hydrogen-bond donors (Lipinski definition) is 0. The third-order valence-electron chi connectivity index (χ3n) is 1.10. The van der Waals surface area contributed by atoms with Crippen LogP contribution >= 0.6 is 23.2 Å². The molecule has 0 aliphatic carbocycles. The minimum atomic E-state index is -0.571. The lowest BCUT2D eigenvalue weighted by molar-refractivity contribution is 0.621. The fourth-order valence-electron chi connectivity index (χ4n) is 0.625. The standard InChI is InChI=1S/C8H4Cl2FN/c9-3-1-2-6-4-7(11)8(10)12-5-6/h4-5H,3H2. The zero-order chi connectivity index (χ0) is 8.97. The molecule has 0 fully saturated rings. The molecule has 0 unspecified atom stereocenters. The average molecular weight is 204 g/mol. The van der Waals surface area contributed by atoms with Gasteiger partial charge in [-0.05, 0) is 6.07 Å². The van der Waals surface area contributed by atoms with E-state index in [0.29, 0.717) is 5.56 Å². The van der Waals surface area contributed by atoms with E-state index in [1.807, 2.05) is 0 Å².